The summed E-state index contributed by atoms with van der Waals surface area (Å²) in [6, 6.07) is 32.3. The van der Waals surface area contributed by atoms with Gasteiger partial charge in [-0.25, -0.2) is 0 Å². The molecule has 0 radical (unpaired) electrons. The SMILES string of the molecule is Cc1cc(C)c([C+]2c3ccc([n-]3)-c3ccc4n3[B-](F)(F)n3c(ccc3[C+]4c3c(C)cc(C)cc3C)-c3ccc([n-]3)[C+](c3c(C)cc(C)cc3C)c3ccc2[nH]3)c(C)c1.ClC(Cl)Cl. The van der Waals surface area contributed by atoms with Crippen LogP contribution >= 0.6 is 34.8 Å². The van der Waals surface area contributed by atoms with Crippen LogP contribution in [0.15, 0.2) is 97.1 Å². The van der Waals surface area contributed by atoms with Crippen LogP contribution in [0, 0.1) is 80.1 Å². The number of alkyl halides is 3. The summed E-state index contributed by atoms with van der Waals surface area (Å²) in [5, 5.41) is 0. The quantitative estimate of drug-likeness (QED) is 0.109. The molecule has 8 bridgehead atoms. The molecule has 0 fully saturated rings. The number of rotatable bonds is 3. The van der Waals surface area contributed by atoms with Crippen molar-refractivity contribution in [1.29, 1.82) is 0 Å². The van der Waals surface area contributed by atoms with Gasteiger partial charge in [-0.3, -0.25) is 0 Å². The first-order valence-corrected chi connectivity index (χ1v) is 22.0. The third kappa shape index (κ3) is 6.79. The van der Waals surface area contributed by atoms with Gasteiger partial charge in [0, 0.05) is 56.9 Å². The molecule has 11 heteroatoms. The lowest BCUT2D eigenvalue weighted by atomic mass is 9.79. The second-order valence-corrected chi connectivity index (χ2v) is 18.9. The molecule has 0 spiro atoms. The van der Waals surface area contributed by atoms with Crippen LogP contribution in [0.25, 0.3) is 22.8 Å². The first kappa shape index (κ1) is 41.8. The third-order valence-corrected chi connectivity index (χ3v) is 12.3. The van der Waals surface area contributed by atoms with Crippen LogP contribution in [-0.4, -0.2) is 25.2 Å². The van der Waals surface area contributed by atoms with Gasteiger partial charge in [-0.2, -0.15) is 0 Å². The number of halogens is 5. The zero-order valence-electron chi connectivity index (χ0n) is 36.1. The highest BCUT2D eigenvalue weighted by Crippen LogP contribution is 2.48. The van der Waals surface area contributed by atoms with Gasteiger partial charge in [0.1, 0.15) is 17.3 Å². The molecule has 0 amide bonds. The molecule has 5 aromatic heterocycles. The maximum Gasteiger partial charge on any atom is 0.535 e. The fraction of sp³-hybridized carbons (Fsp3) is 0.196. The molecule has 7 heterocycles. The molecule has 0 saturated heterocycles. The van der Waals surface area contributed by atoms with E-state index >= 15 is 8.63 Å². The molecule has 2 aliphatic rings. The van der Waals surface area contributed by atoms with Crippen molar-refractivity contribution in [1.82, 2.24) is 23.9 Å². The fourth-order valence-corrected chi connectivity index (χ4v) is 10.4. The maximum atomic E-state index is 17.9. The van der Waals surface area contributed by atoms with Gasteiger partial charge in [-0.1, -0.05) is 46.2 Å². The van der Waals surface area contributed by atoms with Gasteiger partial charge in [0.25, 0.3) is 0 Å². The van der Waals surface area contributed by atoms with Crippen LogP contribution in [0.3, 0.4) is 0 Å². The van der Waals surface area contributed by atoms with Crippen molar-refractivity contribution in [2.75, 3.05) is 0 Å². The molecule has 2 aliphatic heterocycles. The first-order valence-electron chi connectivity index (χ1n) is 20.7. The Labute approximate surface area is 377 Å². The lowest BCUT2D eigenvalue weighted by Gasteiger charge is -2.41. The fourth-order valence-electron chi connectivity index (χ4n) is 10.4. The number of nitrogens with one attached hydrogen (secondary N) is 1. The number of hydrogen-bond acceptors (Lipinski definition) is 0. The number of nitrogens with zero attached hydrogens (tertiary/aromatic N) is 4. The summed E-state index contributed by atoms with van der Waals surface area (Å²) in [5.74, 6) is 2.61. The number of fused-ring (bicyclic) bond motifs is 8. The lowest BCUT2D eigenvalue weighted by molar-refractivity contribution is 0.524. The summed E-state index contributed by atoms with van der Waals surface area (Å²) >= 11 is 14.4. The smallest absolute Gasteiger partial charge is 0.535 e. The average molecular weight is 883 g/mol. The number of aromatic nitrogens is 5. The van der Waals surface area contributed by atoms with Crippen LogP contribution in [0.4, 0.5) is 8.63 Å². The van der Waals surface area contributed by atoms with E-state index in [1.165, 1.54) is 20.1 Å². The van der Waals surface area contributed by atoms with Crippen LogP contribution in [0.5, 0.6) is 0 Å². The summed E-state index contributed by atoms with van der Waals surface area (Å²) in [7, 11) is 0. The molecular formula is C51H45BCl3F2N5. The van der Waals surface area contributed by atoms with Crippen molar-refractivity contribution in [3.8, 4) is 22.8 Å². The molecule has 312 valence electrons. The number of aryl methyl sites for hydroxylation is 9. The number of aromatic amines is 1. The molecule has 0 unspecified atom stereocenters. The second-order valence-electron chi connectivity index (χ2n) is 16.9. The van der Waals surface area contributed by atoms with Crippen molar-refractivity contribution in [2.24, 2.45) is 0 Å². The zero-order chi connectivity index (χ0) is 44.1. The number of benzene rings is 3. The standard InChI is InChI=1S/C50H44BF2N5.CHCl3/c1-26-20-29(4)45(30(5)21-26)48-37-12-10-35(54-37)41-16-18-43-50(47-33(8)24-28(3)25-34(47)9)44-19-17-42(58(44)51(52,53)57(41)43)36-11-13-38(55-36)49(40-15-14-39(48)56-40)46-31(6)22-27(2)23-32(46)7;2-1(3)4/h10-25,56H,1-9H3;1H. The van der Waals surface area contributed by atoms with Gasteiger partial charge < -0.3 is 32.5 Å². The van der Waals surface area contributed by atoms with E-state index in [1.807, 2.05) is 48.5 Å². The minimum absolute atomic E-state index is 0.365. The minimum Gasteiger partial charge on any atom is -0.641 e. The minimum atomic E-state index is -4.42. The summed E-state index contributed by atoms with van der Waals surface area (Å²) in [6.45, 7) is 14.5. The Morgan fingerprint density at radius 2 is 0.806 bits per heavy atom. The van der Waals surface area contributed by atoms with Crippen molar-refractivity contribution < 1.29 is 8.63 Å². The first-order chi connectivity index (χ1) is 29.4. The van der Waals surface area contributed by atoms with Crippen LogP contribution in [0.2, 0.25) is 0 Å². The molecule has 10 rings (SSSR count). The topological polar surface area (TPSA) is 53.9 Å². The summed E-state index contributed by atoms with van der Waals surface area (Å²) in [6.07, 6.45) is 0. The largest absolute Gasteiger partial charge is 0.641 e. The van der Waals surface area contributed by atoms with Crippen molar-refractivity contribution in [3.05, 3.63) is 216 Å². The molecule has 8 aromatic rings. The van der Waals surface area contributed by atoms with Crippen LogP contribution < -0.4 is 9.97 Å². The Bertz CT molecular complexity index is 2790. The highest BCUT2D eigenvalue weighted by molar-refractivity contribution is 6.65. The van der Waals surface area contributed by atoms with Gasteiger partial charge in [0.05, 0.1) is 52.0 Å². The van der Waals surface area contributed by atoms with E-state index in [0.29, 0.717) is 45.6 Å². The Hall–Kier alpha value is -5.54. The molecule has 0 saturated carbocycles. The predicted molar refractivity (Wildman–Crippen MR) is 251 cm³/mol. The van der Waals surface area contributed by atoms with Crippen LogP contribution in [-0.2, 0) is 0 Å². The maximum absolute atomic E-state index is 17.9. The van der Waals surface area contributed by atoms with Crippen LogP contribution in [0.1, 0.15) is 101 Å². The van der Waals surface area contributed by atoms with Crippen molar-refractivity contribution in [2.45, 2.75) is 66.6 Å². The molecule has 1 N–H and O–H groups in total. The lowest BCUT2D eigenvalue weighted by Crippen LogP contribution is -2.49. The average Bonchev–Trinajstić information content (AvgIpc) is 4.01. The van der Waals surface area contributed by atoms with Gasteiger partial charge in [-0.05, 0) is 152 Å². The van der Waals surface area contributed by atoms with Gasteiger partial charge >= 0.3 is 6.97 Å². The van der Waals surface area contributed by atoms with Crippen molar-refractivity contribution in [3.63, 3.8) is 0 Å². The normalized spacial score (nSPS) is 13.8. The zero-order valence-corrected chi connectivity index (χ0v) is 38.3. The summed E-state index contributed by atoms with van der Waals surface area (Å²) in [4.78, 5) is 14.3. The Morgan fingerprint density at radius 3 is 1.15 bits per heavy atom. The van der Waals surface area contributed by atoms with Crippen molar-refractivity contribution >= 4 is 41.8 Å². The molecule has 3 aromatic carbocycles. The molecule has 5 nitrogen and oxygen atoms in total. The van der Waals surface area contributed by atoms with E-state index in [4.69, 9.17) is 44.8 Å². The van der Waals surface area contributed by atoms with E-state index in [-0.39, 0.29) is 0 Å². The van der Waals surface area contributed by atoms with E-state index < -0.39 is 11.3 Å². The second kappa shape index (κ2) is 15.4. The van der Waals surface area contributed by atoms with Gasteiger partial charge in [-0.15, -0.1) is 11.4 Å². The monoisotopic (exact) mass is 881 g/mol. The van der Waals surface area contributed by atoms with Gasteiger partial charge in [0.15, 0.2) is 4.30 Å². The molecule has 0 aliphatic carbocycles. The van der Waals surface area contributed by atoms with E-state index in [9.17, 15) is 0 Å². The van der Waals surface area contributed by atoms with E-state index in [2.05, 4.69) is 116 Å². The number of hydrogen-bond donors (Lipinski definition) is 1. The molecular weight excluding hydrogens is 838 g/mol. The Balaban J connectivity index is 0.00000118. The highest BCUT2D eigenvalue weighted by Gasteiger charge is 2.47. The van der Waals surface area contributed by atoms with E-state index in [0.717, 1.165) is 84.8 Å². The predicted octanol–water partition coefficient (Wildman–Crippen LogP) is 13.1. The third-order valence-electron chi connectivity index (χ3n) is 12.3. The highest BCUT2D eigenvalue weighted by atomic mass is 35.6. The number of H-pyrrole nitrogens is 1. The van der Waals surface area contributed by atoms with E-state index in [1.54, 1.807) is 0 Å². The summed E-state index contributed by atoms with van der Waals surface area (Å²) < 4.78 is 37.6. The molecule has 62 heavy (non-hydrogen) atoms. The summed E-state index contributed by atoms with van der Waals surface area (Å²) in [5.41, 5.74) is 19.0. The van der Waals surface area contributed by atoms with Gasteiger partial charge in [0.2, 0.25) is 0 Å². The Kier molecular flexibility index (Phi) is 10.4. The molecule has 0 atom stereocenters. The Morgan fingerprint density at radius 1 is 0.484 bits per heavy atom.